The van der Waals surface area contributed by atoms with Crippen molar-refractivity contribution in [2.45, 2.75) is 0 Å². The van der Waals surface area contributed by atoms with Gasteiger partial charge in [-0.15, -0.1) is 0 Å². The molecule has 0 aliphatic heterocycles. The molecule has 0 saturated carbocycles. The number of anilines is 3. The van der Waals surface area contributed by atoms with E-state index in [0.717, 1.165) is 54.8 Å². The summed E-state index contributed by atoms with van der Waals surface area (Å²) in [4.78, 5) is 1.68. The highest BCUT2D eigenvalue weighted by molar-refractivity contribution is 6.20. The van der Waals surface area contributed by atoms with E-state index < -0.39 is 72.0 Å². The predicted molar refractivity (Wildman–Crippen MR) is 249 cm³/mol. The minimum absolute atomic E-state index is 0.136. The Hall–Kier alpha value is -7.88. The summed E-state index contributed by atoms with van der Waals surface area (Å²) >= 11 is 0. The number of furan rings is 1. The van der Waals surface area contributed by atoms with Crippen LogP contribution >= 0.6 is 0 Å². The summed E-state index contributed by atoms with van der Waals surface area (Å²) in [5, 5.41) is 4.73. The molecule has 12 aromatic rings. The van der Waals surface area contributed by atoms with Crippen molar-refractivity contribution in [1.82, 2.24) is 4.57 Å². The zero-order chi connectivity index (χ0) is 48.4. The van der Waals surface area contributed by atoms with Crippen LogP contribution in [0, 0.1) is 0 Å². The Labute approximate surface area is 356 Å². The molecule has 0 aliphatic carbocycles. The number of hydrogen-bond donors (Lipinski definition) is 0. The highest BCUT2D eigenvalue weighted by Gasteiger charge is 2.22. The Balaban J connectivity index is 1.12. The van der Waals surface area contributed by atoms with Crippen molar-refractivity contribution >= 4 is 82.4 Å². The minimum Gasteiger partial charge on any atom is -0.455 e. The van der Waals surface area contributed by atoms with Crippen molar-refractivity contribution < 1.29 is 19.5 Å². The molecule has 0 N–H and O–H groups in total. The van der Waals surface area contributed by atoms with Crippen molar-refractivity contribution in [2.24, 2.45) is 0 Å². The second kappa shape index (κ2) is 13.4. The maximum Gasteiger partial charge on any atom is 0.143 e. The standard InChI is InChI=1S/C56H36N2O/c1-2-16-41(17-3-1)58-50-23-9-8-20-48(50)54-46(22-11-24-51(54)58)40-29-34-43(35-30-40)57(42-32-27-39(28-33-42)45-21-10-15-37-13-4-6-18-44(37)45)52-25-12-26-53-55(52)49-36-31-38-14-5-7-19-47(38)56(49)59-53/h1-36H/i4D,6D,10D,13D,15D,18D,21D,27D,28D,32D,33D. The van der Waals surface area contributed by atoms with Gasteiger partial charge in [-0.3, -0.25) is 0 Å². The first-order valence-corrected chi connectivity index (χ1v) is 19.3. The van der Waals surface area contributed by atoms with Gasteiger partial charge in [-0.05, 0) is 105 Å². The van der Waals surface area contributed by atoms with Gasteiger partial charge in [0.1, 0.15) is 11.2 Å². The molecule has 3 nitrogen and oxygen atoms in total. The summed E-state index contributed by atoms with van der Waals surface area (Å²) in [5.74, 6) is 0. The molecular formula is C56H36N2O. The summed E-state index contributed by atoms with van der Waals surface area (Å²) in [6, 6.07) is 43.1. The number of para-hydroxylation sites is 2. The molecule has 10 aromatic carbocycles. The highest BCUT2D eigenvalue weighted by atomic mass is 16.3. The Morgan fingerprint density at radius 3 is 2.05 bits per heavy atom. The van der Waals surface area contributed by atoms with E-state index in [1.54, 1.807) is 4.90 Å². The first kappa shape index (κ1) is 24.0. The maximum absolute atomic E-state index is 9.80. The molecule has 0 spiro atoms. The number of aromatic nitrogens is 1. The molecule has 0 atom stereocenters. The number of rotatable bonds is 6. The van der Waals surface area contributed by atoms with Gasteiger partial charge in [0.25, 0.3) is 0 Å². The molecular weight excluding hydrogens is 717 g/mol. The van der Waals surface area contributed by atoms with Crippen LogP contribution in [-0.4, -0.2) is 4.57 Å². The summed E-state index contributed by atoms with van der Waals surface area (Å²) in [5.41, 5.74) is 6.18. The lowest BCUT2D eigenvalue weighted by molar-refractivity contribution is 0.672. The zero-order valence-corrected chi connectivity index (χ0v) is 31.2. The summed E-state index contributed by atoms with van der Waals surface area (Å²) in [6.07, 6.45) is 0. The molecule has 2 heterocycles. The van der Waals surface area contributed by atoms with Crippen molar-refractivity contribution in [2.75, 3.05) is 4.90 Å². The van der Waals surface area contributed by atoms with E-state index in [1.807, 2.05) is 115 Å². The molecule has 276 valence electrons. The molecule has 2 aromatic heterocycles. The first-order chi connectivity index (χ1) is 33.9. The van der Waals surface area contributed by atoms with Gasteiger partial charge in [0, 0.05) is 38.6 Å². The van der Waals surface area contributed by atoms with Crippen LogP contribution in [0.25, 0.3) is 93.2 Å². The Morgan fingerprint density at radius 2 is 1.17 bits per heavy atom. The minimum atomic E-state index is -0.679. The van der Waals surface area contributed by atoms with Crippen LogP contribution in [0.1, 0.15) is 15.1 Å². The molecule has 0 amide bonds. The van der Waals surface area contributed by atoms with Gasteiger partial charge in [0.15, 0.2) is 0 Å². The lowest BCUT2D eigenvalue weighted by Crippen LogP contribution is -2.10. The molecule has 59 heavy (non-hydrogen) atoms. The van der Waals surface area contributed by atoms with Crippen LogP contribution < -0.4 is 4.90 Å². The quantitative estimate of drug-likeness (QED) is 0.168. The molecule has 0 fully saturated rings. The topological polar surface area (TPSA) is 21.3 Å². The van der Waals surface area contributed by atoms with Crippen molar-refractivity contribution in [1.29, 1.82) is 0 Å². The summed E-state index contributed by atoms with van der Waals surface area (Å²) < 4.78 is 109. The molecule has 12 rings (SSSR count). The van der Waals surface area contributed by atoms with E-state index in [2.05, 4.69) is 41.0 Å². The predicted octanol–water partition coefficient (Wildman–Crippen LogP) is 15.8. The van der Waals surface area contributed by atoms with Crippen LogP contribution in [0.3, 0.4) is 0 Å². The van der Waals surface area contributed by atoms with Crippen molar-refractivity contribution in [3.8, 4) is 27.9 Å². The van der Waals surface area contributed by atoms with E-state index in [0.29, 0.717) is 27.9 Å². The van der Waals surface area contributed by atoms with Crippen LogP contribution in [-0.2, 0) is 0 Å². The van der Waals surface area contributed by atoms with E-state index in [9.17, 15) is 5.48 Å². The van der Waals surface area contributed by atoms with Gasteiger partial charge >= 0.3 is 0 Å². The second-order valence-corrected chi connectivity index (χ2v) is 14.4. The molecule has 0 bridgehead atoms. The third kappa shape index (κ3) is 5.29. The number of fused-ring (bicyclic) bond motifs is 9. The first-order valence-electron chi connectivity index (χ1n) is 24.8. The fraction of sp³-hybridized carbons (Fsp3) is 0. The fourth-order valence-electron chi connectivity index (χ4n) is 8.56. The average Bonchev–Trinajstić information content (AvgIpc) is 3.95. The number of hydrogen-bond acceptors (Lipinski definition) is 2. The van der Waals surface area contributed by atoms with E-state index in [4.69, 9.17) is 14.0 Å². The molecule has 0 radical (unpaired) electrons. The van der Waals surface area contributed by atoms with Gasteiger partial charge in [-0.25, -0.2) is 0 Å². The smallest absolute Gasteiger partial charge is 0.143 e. The monoisotopic (exact) mass is 763 g/mol. The SMILES string of the molecule is [2H]c1c([2H])c(N(c2ccc(-c3cccc4c3c3ccccc3n4-c3ccccc3)cc2)c2cccc3oc4c5ccccc5ccc4c23)c([2H])c([2H])c1-c1c([2H])c([2H])c([2H])c2c([2H])c([2H])c([2H])c([2H])c12. The third-order valence-electron chi connectivity index (χ3n) is 11.2. The van der Waals surface area contributed by atoms with Gasteiger partial charge in [0.2, 0.25) is 0 Å². The Morgan fingerprint density at radius 1 is 0.424 bits per heavy atom. The molecule has 3 heteroatoms. The van der Waals surface area contributed by atoms with E-state index in [1.165, 1.54) is 0 Å². The van der Waals surface area contributed by atoms with Gasteiger partial charge in [-0.2, -0.15) is 0 Å². The van der Waals surface area contributed by atoms with Crippen molar-refractivity contribution in [3.05, 3.63) is 218 Å². The van der Waals surface area contributed by atoms with E-state index in [-0.39, 0.29) is 22.0 Å². The second-order valence-electron chi connectivity index (χ2n) is 14.4. The van der Waals surface area contributed by atoms with Crippen LogP contribution in [0.15, 0.2) is 223 Å². The molecule has 0 aliphatic rings. The zero-order valence-electron chi connectivity index (χ0n) is 42.2. The maximum atomic E-state index is 9.80. The molecule has 0 unspecified atom stereocenters. The lowest BCUT2D eigenvalue weighted by atomic mass is 9.97. The highest BCUT2D eigenvalue weighted by Crippen LogP contribution is 2.46. The fourth-order valence-corrected chi connectivity index (χ4v) is 8.56. The third-order valence-corrected chi connectivity index (χ3v) is 11.2. The van der Waals surface area contributed by atoms with E-state index >= 15 is 0 Å². The Bertz CT molecular complexity index is 4170. The largest absolute Gasteiger partial charge is 0.455 e. The molecule has 0 saturated heterocycles. The number of nitrogens with zero attached hydrogens (tertiary/aromatic N) is 2. The number of benzene rings is 10. The normalized spacial score (nSPS) is 14.3. The average molecular weight is 764 g/mol. The summed E-state index contributed by atoms with van der Waals surface area (Å²) in [7, 11) is 0. The summed E-state index contributed by atoms with van der Waals surface area (Å²) in [6.45, 7) is 0. The van der Waals surface area contributed by atoms with Crippen molar-refractivity contribution in [3.63, 3.8) is 0 Å². The van der Waals surface area contributed by atoms with Crippen LogP contribution in [0.4, 0.5) is 17.1 Å². The van der Waals surface area contributed by atoms with Gasteiger partial charge in [-0.1, -0.05) is 151 Å². The van der Waals surface area contributed by atoms with Crippen LogP contribution in [0.5, 0.6) is 0 Å². The van der Waals surface area contributed by atoms with Crippen LogP contribution in [0.2, 0.25) is 0 Å². The van der Waals surface area contributed by atoms with Gasteiger partial charge < -0.3 is 13.9 Å². The Kier molecular flexibility index (Phi) is 5.44. The lowest BCUT2D eigenvalue weighted by Gasteiger charge is -2.27. The van der Waals surface area contributed by atoms with Gasteiger partial charge in [0.05, 0.1) is 37.2 Å².